The molecule has 3 fully saturated rings. The number of nitrogens with zero attached hydrogens (tertiary/aromatic N) is 3. The number of aryl methyl sites for hydroxylation is 1. The normalized spacial score (nSPS) is 25.8. The molecular formula is C27H31N3O3S. The Morgan fingerprint density at radius 3 is 2.74 bits per heavy atom. The van der Waals surface area contributed by atoms with E-state index in [1.165, 1.54) is 15.8 Å². The van der Waals surface area contributed by atoms with Gasteiger partial charge in [-0.25, -0.2) is 0 Å². The summed E-state index contributed by atoms with van der Waals surface area (Å²) in [5.74, 6) is -0.716. The highest BCUT2D eigenvalue weighted by molar-refractivity contribution is 7.13. The first kappa shape index (κ1) is 21.8. The standard InChI is InChI=1S/C27H31N3O3S/c1-29-21-10-3-7-19(22-11-5-15-34-22)24(21)25(28-29)27(12-13-27)16-23(31)30-14-4-8-17-18(26(32)33)6-2-9-20(17)30/h3,5,7,10-11,15,17-18,20H,2,4,6,8-9,12-14,16H2,1H3,(H,32,33). The molecule has 2 aliphatic carbocycles. The highest BCUT2D eigenvalue weighted by atomic mass is 32.1. The Balaban J connectivity index is 1.32. The lowest BCUT2D eigenvalue weighted by molar-refractivity contribution is -0.152. The summed E-state index contributed by atoms with van der Waals surface area (Å²) in [5.41, 5.74) is 3.15. The van der Waals surface area contributed by atoms with Crippen molar-refractivity contribution in [3.8, 4) is 10.4 Å². The first-order valence-electron chi connectivity index (χ1n) is 12.5. The van der Waals surface area contributed by atoms with Crippen LogP contribution in [0.25, 0.3) is 21.3 Å². The van der Waals surface area contributed by atoms with Crippen molar-refractivity contribution in [2.75, 3.05) is 6.54 Å². The van der Waals surface area contributed by atoms with Gasteiger partial charge < -0.3 is 10.0 Å². The molecule has 0 spiro atoms. The monoisotopic (exact) mass is 477 g/mol. The Kier molecular flexibility index (Phi) is 5.28. The van der Waals surface area contributed by atoms with Crippen LogP contribution in [-0.4, -0.2) is 44.3 Å². The molecule has 3 unspecified atom stereocenters. The van der Waals surface area contributed by atoms with Gasteiger partial charge >= 0.3 is 5.97 Å². The zero-order valence-corrected chi connectivity index (χ0v) is 20.4. The highest BCUT2D eigenvalue weighted by Gasteiger charge is 2.51. The second-order valence-electron chi connectivity index (χ2n) is 10.4. The fourth-order valence-corrected chi connectivity index (χ4v) is 7.42. The molecule has 6 nitrogen and oxygen atoms in total. The molecule has 0 radical (unpaired) electrons. The van der Waals surface area contributed by atoms with Gasteiger partial charge in [-0.1, -0.05) is 24.6 Å². The number of hydrogen-bond donors (Lipinski definition) is 1. The molecule has 0 bridgehead atoms. The predicted molar refractivity (Wildman–Crippen MR) is 133 cm³/mol. The van der Waals surface area contributed by atoms with Crippen LogP contribution in [-0.2, 0) is 22.1 Å². The third-order valence-corrected chi connectivity index (χ3v) is 9.41. The fourth-order valence-electron chi connectivity index (χ4n) is 6.66. The second-order valence-corrected chi connectivity index (χ2v) is 11.4. The van der Waals surface area contributed by atoms with Crippen molar-refractivity contribution >= 4 is 34.1 Å². The van der Waals surface area contributed by atoms with Gasteiger partial charge in [-0.15, -0.1) is 11.3 Å². The molecule has 1 amide bonds. The number of carboxylic acid groups (broad SMARTS) is 1. The smallest absolute Gasteiger partial charge is 0.306 e. The summed E-state index contributed by atoms with van der Waals surface area (Å²) in [6.07, 6.45) is 6.81. The van der Waals surface area contributed by atoms with E-state index in [1.54, 1.807) is 11.3 Å². The number of carbonyl (C=O) groups excluding carboxylic acids is 1. The fraction of sp³-hybridized carbons (Fsp3) is 0.519. The molecule has 1 N–H and O–H groups in total. The topological polar surface area (TPSA) is 75.4 Å². The summed E-state index contributed by atoms with van der Waals surface area (Å²) < 4.78 is 1.96. The van der Waals surface area contributed by atoms with E-state index in [-0.39, 0.29) is 29.2 Å². The van der Waals surface area contributed by atoms with Crippen LogP contribution in [0.15, 0.2) is 35.7 Å². The van der Waals surface area contributed by atoms with Crippen molar-refractivity contribution in [2.24, 2.45) is 18.9 Å². The van der Waals surface area contributed by atoms with Crippen LogP contribution < -0.4 is 0 Å². The number of likely N-dealkylation sites (tertiary alicyclic amines) is 1. The van der Waals surface area contributed by atoms with Gasteiger partial charge in [0.15, 0.2) is 0 Å². The van der Waals surface area contributed by atoms with E-state index < -0.39 is 5.97 Å². The first-order valence-corrected chi connectivity index (χ1v) is 13.4. The summed E-state index contributed by atoms with van der Waals surface area (Å²) in [6, 6.07) is 10.7. The molecule has 3 heterocycles. The van der Waals surface area contributed by atoms with Crippen LogP contribution in [0.4, 0.5) is 0 Å². The molecule has 1 aliphatic heterocycles. The quantitative estimate of drug-likeness (QED) is 0.547. The zero-order chi connectivity index (χ0) is 23.4. The maximum Gasteiger partial charge on any atom is 0.306 e. The number of piperidine rings is 1. The van der Waals surface area contributed by atoms with Gasteiger partial charge in [0, 0.05) is 47.3 Å². The minimum absolute atomic E-state index is 0.0778. The minimum Gasteiger partial charge on any atom is -0.481 e. The molecule has 2 aromatic heterocycles. The number of benzene rings is 1. The van der Waals surface area contributed by atoms with Gasteiger partial charge in [-0.2, -0.15) is 5.10 Å². The average Bonchev–Trinajstić information content (AvgIpc) is 3.25. The van der Waals surface area contributed by atoms with E-state index in [2.05, 4.69) is 40.6 Å². The SMILES string of the molecule is Cn1nc(C2(CC(=O)N3CCCC4C(C(=O)O)CCCC43)CC2)c2c(-c3cccs3)cccc21. The van der Waals surface area contributed by atoms with Crippen molar-refractivity contribution in [1.29, 1.82) is 0 Å². The van der Waals surface area contributed by atoms with E-state index in [0.717, 1.165) is 62.7 Å². The van der Waals surface area contributed by atoms with E-state index in [1.807, 2.05) is 11.7 Å². The zero-order valence-electron chi connectivity index (χ0n) is 19.6. The molecule has 2 saturated carbocycles. The Morgan fingerprint density at radius 1 is 1.15 bits per heavy atom. The highest BCUT2D eigenvalue weighted by Crippen LogP contribution is 2.54. The summed E-state index contributed by atoms with van der Waals surface area (Å²) >= 11 is 1.73. The maximum absolute atomic E-state index is 13.8. The molecular weight excluding hydrogens is 446 g/mol. The number of carbonyl (C=O) groups is 2. The van der Waals surface area contributed by atoms with Gasteiger partial charge in [0.25, 0.3) is 0 Å². The van der Waals surface area contributed by atoms with Crippen LogP contribution in [0, 0.1) is 11.8 Å². The lowest BCUT2D eigenvalue weighted by Crippen LogP contribution is -2.53. The molecule has 178 valence electrons. The van der Waals surface area contributed by atoms with E-state index in [0.29, 0.717) is 6.42 Å². The molecule has 1 saturated heterocycles. The maximum atomic E-state index is 13.8. The second kappa shape index (κ2) is 8.22. The van der Waals surface area contributed by atoms with E-state index in [9.17, 15) is 14.7 Å². The van der Waals surface area contributed by atoms with Gasteiger partial charge in [-0.05, 0) is 62.0 Å². The molecule has 3 aliphatic rings. The number of thiophene rings is 1. The molecule has 7 heteroatoms. The van der Waals surface area contributed by atoms with E-state index >= 15 is 0 Å². The number of fused-ring (bicyclic) bond motifs is 2. The Hall–Kier alpha value is -2.67. The third kappa shape index (κ3) is 3.47. The van der Waals surface area contributed by atoms with Crippen LogP contribution in [0.1, 0.15) is 57.1 Å². The number of hydrogen-bond acceptors (Lipinski definition) is 4. The number of rotatable bonds is 5. The summed E-state index contributed by atoms with van der Waals surface area (Å²) in [6.45, 7) is 0.756. The average molecular weight is 478 g/mol. The van der Waals surface area contributed by atoms with E-state index in [4.69, 9.17) is 5.10 Å². The number of amides is 1. The minimum atomic E-state index is -0.691. The Morgan fingerprint density at radius 2 is 2.00 bits per heavy atom. The number of aliphatic carboxylic acids is 1. The summed E-state index contributed by atoms with van der Waals surface area (Å²) in [5, 5.41) is 18.0. The van der Waals surface area contributed by atoms with Crippen molar-refractivity contribution in [2.45, 2.75) is 62.8 Å². The van der Waals surface area contributed by atoms with Gasteiger partial charge in [-0.3, -0.25) is 14.3 Å². The summed E-state index contributed by atoms with van der Waals surface area (Å²) in [4.78, 5) is 28.9. The van der Waals surface area contributed by atoms with Crippen molar-refractivity contribution < 1.29 is 14.7 Å². The molecule has 3 aromatic rings. The van der Waals surface area contributed by atoms with Gasteiger partial charge in [0.1, 0.15) is 0 Å². The van der Waals surface area contributed by atoms with Crippen LogP contribution >= 0.6 is 11.3 Å². The largest absolute Gasteiger partial charge is 0.481 e. The third-order valence-electron chi connectivity index (χ3n) is 8.51. The van der Waals surface area contributed by atoms with Crippen LogP contribution in [0.2, 0.25) is 0 Å². The predicted octanol–water partition coefficient (Wildman–Crippen LogP) is 5.22. The number of carboxylic acids is 1. The van der Waals surface area contributed by atoms with Crippen LogP contribution in [0.5, 0.6) is 0 Å². The molecule has 6 rings (SSSR count). The summed E-state index contributed by atoms with van der Waals surface area (Å²) in [7, 11) is 1.99. The first-order chi connectivity index (χ1) is 16.5. The molecule has 3 atom stereocenters. The Labute approximate surface area is 203 Å². The van der Waals surface area contributed by atoms with Crippen molar-refractivity contribution in [3.05, 3.63) is 41.4 Å². The number of aromatic nitrogens is 2. The van der Waals surface area contributed by atoms with Crippen LogP contribution in [0.3, 0.4) is 0 Å². The van der Waals surface area contributed by atoms with Crippen molar-refractivity contribution in [3.63, 3.8) is 0 Å². The lowest BCUT2D eigenvalue weighted by atomic mass is 9.71. The van der Waals surface area contributed by atoms with Gasteiger partial charge in [0.2, 0.25) is 5.91 Å². The molecule has 34 heavy (non-hydrogen) atoms. The Bertz CT molecular complexity index is 1240. The molecule has 1 aromatic carbocycles. The van der Waals surface area contributed by atoms with Gasteiger partial charge in [0.05, 0.1) is 17.1 Å². The van der Waals surface area contributed by atoms with Crippen molar-refractivity contribution in [1.82, 2.24) is 14.7 Å². The lowest BCUT2D eigenvalue weighted by Gasteiger charge is -2.46.